The molecule has 0 aliphatic carbocycles. The standard InChI is InChI=1S/C9H7NO3/c1-12-9-4-6-7(11)2-3-13-8(6)5-10-9/h2-5H,1H3. The van der Waals surface area contributed by atoms with Gasteiger partial charge in [0, 0.05) is 12.1 Å². The highest BCUT2D eigenvalue weighted by atomic mass is 16.5. The van der Waals surface area contributed by atoms with Crippen molar-refractivity contribution in [1.82, 2.24) is 4.98 Å². The summed E-state index contributed by atoms with van der Waals surface area (Å²) >= 11 is 0. The summed E-state index contributed by atoms with van der Waals surface area (Å²) in [5.41, 5.74) is 0.371. The van der Waals surface area contributed by atoms with E-state index in [4.69, 9.17) is 9.15 Å². The Morgan fingerprint density at radius 1 is 1.54 bits per heavy atom. The molecule has 0 spiro atoms. The first-order valence-electron chi connectivity index (χ1n) is 3.73. The molecule has 0 aliphatic heterocycles. The number of nitrogens with zero attached hydrogens (tertiary/aromatic N) is 1. The predicted molar refractivity (Wildman–Crippen MR) is 46.8 cm³/mol. The Morgan fingerprint density at radius 2 is 2.38 bits per heavy atom. The molecule has 4 nitrogen and oxygen atoms in total. The molecule has 0 aliphatic rings. The minimum atomic E-state index is -0.0954. The van der Waals surface area contributed by atoms with Gasteiger partial charge < -0.3 is 9.15 Å². The number of ether oxygens (including phenoxy) is 1. The van der Waals surface area contributed by atoms with Crippen molar-refractivity contribution in [1.29, 1.82) is 0 Å². The third kappa shape index (κ3) is 1.26. The van der Waals surface area contributed by atoms with E-state index in [0.717, 1.165) is 0 Å². The first kappa shape index (κ1) is 7.79. The summed E-state index contributed by atoms with van der Waals surface area (Å²) in [5.74, 6) is 0.408. The topological polar surface area (TPSA) is 52.3 Å². The minimum absolute atomic E-state index is 0.0954. The highest BCUT2D eigenvalue weighted by Crippen LogP contribution is 2.13. The van der Waals surface area contributed by atoms with E-state index in [1.54, 1.807) is 6.07 Å². The van der Waals surface area contributed by atoms with Gasteiger partial charge in [0.05, 0.1) is 25.0 Å². The number of fused-ring (bicyclic) bond motifs is 1. The average molecular weight is 177 g/mol. The lowest BCUT2D eigenvalue weighted by Gasteiger charge is -1.98. The Kier molecular flexibility index (Phi) is 1.73. The molecule has 4 heteroatoms. The van der Waals surface area contributed by atoms with Crippen molar-refractivity contribution < 1.29 is 9.15 Å². The SMILES string of the molecule is COc1cc2c(=O)ccoc2cn1. The van der Waals surface area contributed by atoms with Gasteiger partial charge in [0.15, 0.2) is 11.0 Å². The zero-order chi connectivity index (χ0) is 9.26. The van der Waals surface area contributed by atoms with Crippen LogP contribution in [-0.4, -0.2) is 12.1 Å². The normalized spacial score (nSPS) is 10.2. The average Bonchev–Trinajstić information content (AvgIpc) is 2.18. The van der Waals surface area contributed by atoms with E-state index in [2.05, 4.69) is 4.98 Å². The molecule has 0 bridgehead atoms. The molecule has 0 saturated carbocycles. The molecule has 0 fully saturated rings. The van der Waals surface area contributed by atoms with Gasteiger partial charge >= 0.3 is 0 Å². The van der Waals surface area contributed by atoms with Crippen LogP contribution in [0.5, 0.6) is 5.88 Å². The van der Waals surface area contributed by atoms with E-state index in [1.165, 1.54) is 25.6 Å². The molecule has 0 aromatic carbocycles. The molecule has 0 atom stereocenters. The number of rotatable bonds is 1. The van der Waals surface area contributed by atoms with Gasteiger partial charge in [-0.15, -0.1) is 0 Å². The van der Waals surface area contributed by atoms with E-state index in [0.29, 0.717) is 16.8 Å². The number of methoxy groups -OCH3 is 1. The summed E-state index contributed by atoms with van der Waals surface area (Å²) in [6.45, 7) is 0. The molecule has 0 radical (unpaired) electrons. The smallest absolute Gasteiger partial charge is 0.213 e. The highest BCUT2D eigenvalue weighted by Gasteiger charge is 2.01. The number of pyridine rings is 1. The first-order chi connectivity index (χ1) is 6.31. The van der Waals surface area contributed by atoms with Crippen LogP contribution in [0.4, 0.5) is 0 Å². The fourth-order valence-corrected chi connectivity index (χ4v) is 1.08. The molecular formula is C9H7NO3. The van der Waals surface area contributed by atoms with Crippen LogP contribution in [0, 0.1) is 0 Å². The van der Waals surface area contributed by atoms with Crippen molar-refractivity contribution in [2.24, 2.45) is 0 Å². The summed E-state index contributed by atoms with van der Waals surface area (Å²) in [6, 6.07) is 2.92. The zero-order valence-electron chi connectivity index (χ0n) is 6.98. The third-order valence-electron chi connectivity index (χ3n) is 1.73. The quantitative estimate of drug-likeness (QED) is 0.656. The largest absolute Gasteiger partial charge is 0.481 e. The van der Waals surface area contributed by atoms with Gasteiger partial charge in [0.2, 0.25) is 5.88 Å². The molecule has 13 heavy (non-hydrogen) atoms. The monoisotopic (exact) mass is 177 g/mol. The van der Waals surface area contributed by atoms with Gasteiger partial charge in [-0.2, -0.15) is 0 Å². The fourth-order valence-electron chi connectivity index (χ4n) is 1.08. The van der Waals surface area contributed by atoms with E-state index >= 15 is 0 Å². The van der Waals surface area contributed by atoms with Crippen LogP contribution in [0.2, 0.25) is 0 Å². The predicted octanol–water partition coefficient (Wildman–Crippen LogP) is 1.20. The lowest BCUT2D eigenvalue weighted by molar-refractivity contribution is 0.398. The lowest BCUT2D eigenvalue weighted by atomic mass is 10.3. The second-order valence-electron chi connectivity index (χ2n) is 2.51. The fraction of sp³-hybridized carbons (Fsp3) is 0.111. The maximum absolute atomic E-state index is 11.3. The summed E-state index contributed by atoms with van der Waals surface area (Å²) in [4.78, 5) is 15.2. The Bertz CT molecular complexity index is 489. The Labute approximate surface area is 73.8 Å². The second-order valence-corrected chi connectivity index (χ2v) is 2.51. The molecule has 0 N–H and O–H groups in total. The lowest BCUT2D eigenvalue weighted by Crippen LogP contribution is -1.99. The van der Waals surface area contributed by atoms with Gasteiger partial charge in [0.25, 0.3) is 0 Å². The number of aromatic nitrogens is 1. The summed E-state index contributed by atoms with van der Waals surface area (Å²) in [5, 5.41) is 0.481. The second kappa shape index (κ2) is 2.90. The van der Waals surface area contributed by atoms with Gasteiger partial charge in [0.1, 0.15) is 0 Å². The third-order valence-corrected chi connectivity index (χ3v) is 1.73. The molecule has 0 unspecified atom stereocenters. The van der Waals surface area contributed by atoms with Gasteiger partial charge in [-0.25, -0.2) is 4.98 Å². The molecular weight excluding hydrogens is 170 g/mol. The Hall–Kier alpha value is -1.84. The van der Waals surface area contributed by atoms with Crippen molar-refractivity contribution in [2.45, 2.75) is 0 Å². The van der Waals surface area contributed by atoms with Gasteiger partial charge in [-0.1, -0.05) is 0 Å². The molecule has 2 aromatic heterocycles. The van der Waals surface area contributed by atoms with Crippen LogP contribution < -0.4 is 10.2 Å². The van der Waals surface area contributed by atoms with Crippen LogP contribution in [0.15, 0.2) is 33.8 Å². The molecule has 2 aromatic rings. The van der Waals surface area contributed by atoms with Crippen molar-refractivity contribution >= 4 is 11.0 Å². The van der Waals surface area contributed by atoms with Crippen LogP contribution in [0.3, 0.4) is 0 Å². The molecule has 2 heterocycles. The summed E-state index contributed by atoms with van der Waals surface area (Å²) < 4.78 is 9.96. The van der Waals surface area contributed by atoms with Crippen molar-refractivity contribution in [2.75, 3.05) is 7.11 Å². The van der Waals surface area contributed by atoms with Crippen LogP contribution in [-0.2, 0) is 0 Å². The van der Waals surface area contributed by atoms with E-state index in [-0.39, 0.29) is 5.43 Å². The molecule has 0 amide bonds. The Balaban J connectivity index is 2.82. The molecule has 2 rings (SSSR count). The maximum atomic E-state index is 11.3. The van der Waals surface area contributed by atoms with Crippen molar-refractivity contribution in [3.8, 4) is 5.88 Å². The van der Waals surface area contributed by atoms with Crippen molar-refractivity contribution in [3.63, 3.8) is 0 Å². The van der Waals surface area contributed by atoms with E-state index in [1.807, 2.05) is 0 Å². The van der Waals surface area contributed by atoms with Crippen molar-refractivity contribution in [3.05, 3.63) is 34.8 Å². The molecule has 66 valence electrons. The number of hydrogen-bond donors (Lipinski definition) is 0. The van der Waals surface area contributed by atoms with Crippen LogP contribution in [0.25, 0.3) is 11.0 Å². The van der Waals surface area contributed by atoms with Crippen LogP contribution in [0.1, 0.15) is 0 Å². The van der Waals surface area contributed by atoms with E-state index < -0.39 is 0 Å². The minimum Gasteiger partial charge on any atom is -0.481 e. The zero-order valence-corrected chi connectivity index (χ0v) is 6.98. The Morgan fingerprint density at radius 3 is 3.15 bits per heavy atom. The highest BCUT2D eigenvalue weighted by molar-refractivity contribution is 5.76. The summed E-state index contributed by atoms with van der Waals surface area (Å²) in [7, 11) is 1.50. The number of hydrogen-bond acceptors (Lipinski definition) is 4. The van der Waals surface area contributed by atoms with Gasteiger partial charge in [-0.05, 0) is 0 Å². The molecule has 0 saturated heterocycles. The van der Waals surface area contributed by atoms with Crippen LogP contribution >= 0.6 is 0 Å². The van der Waals surface area contributed by atoms with E-state index in [9.17, 15) is 4.79 Å². The maximum Gasteiger partial charge on any atom is 0.213 e. The van der Waals surface area contributed by atoms with Gasteiger partial charge in [-0.3, -0.25) is 4.79 Å². The summed E-state index contributed by atoms with van der Waals surface area (Å²) in [6.07, 6.45) is 2.81. The first-order valence-corrected chi connectivity index (χ1v) is 3.73.